The average Bonchev–Trinajstić information content (AvgIpc) is 2.21. The lowest BCUT2D eigenvalue weighted by atomic mass is 9.98. The summed E-state index contributed by atoms with van der Waals surface area (Å²) >= 11 is 0. The number of nitriles is 2. The second kappa shape index (κ2) is 5.45. The molecule has 0 radical (unpaired) electrons. The van der Waals surface area contributed by atoms with E-state index in [-0.39, 0.29) is 5.78 Å². The molecule has 0 fully saturated rings. The van der Waals surface area contributed by atoms with Crippen LogP contribution in [0.25, 0.3) is 0 Å². The standard InChI is InChI=1S/C8H8O2.C2N2/c1-5-3-4-7(9)8(10)6(5)2;3-1-2-4/h3-4H,1-2H3;. The maximum absolute atomic E-state index is 10.9. The van der Waals surface area contributed by atoms with Gasteiger partial charge in [0.25, 0.3) is 0 Å². The van der Waals surface area contributed by atoms with Crippen molar-refractivity contribution >= 4 is 11.6 Å². The van der Waals surface area contributed by atoms with E-state index < -0.39 is 5.78 Å². The highest BCUT2D eigenvalue weighted by atomic mass is 16.2. The van der Waals surface area contributed by atoms with Crippen molar-refractivity contribution in [2.45, 2.75) is 13.8 Å². The predicted molar refractivity (Wildman–Crippen MR) is 48.8 cm³/mol. The van der Waals surface area contributed by atoms with Gasteiger partial charge in [0.1, 0.15) is 0 Å². The van der Waals surface area contributed by atoms with E-state index in [0.29, 0.717) is 5.57 Å². The van der Waals surface area contributed by atoms with Crippen LogP contribution < -0.4 is 0 Å². The number of hydrogen-bond donors (Lipinski definition) is 0. The Bertz CT molecular complexity index is 391. The Labute approximate surface area is 81.8 Å². The number of Topliss-reactive ketones (excluding diaryl/α,β-unsaturated/α-hetero) is 1. The van der Waals surface area contributed by atoms with Crippen LogP contribution in [0.2, 0.25) is 0 Å². The van der Waals surface area contributed by atoms with E-state index in [1.54, 1.807) is 13.0 Å². The molecule has 1 rings (SSSR count). The van der Waals surface area contributed by atoms with Crippen LogP contribution in [0, 0.1) is 22.7 Å². The minimum Gasteiger partial charge on any atom is -0.286 e. The van der Waals surface area contributed by atoms with Crippen LogP contribution in [0.1, 0.15) is 13.8 Å². The third-order valence-corrected chi connectivity index (χ3v) is 1.69. The molecule has 0 amide bonds. The fraction of sp³-hybridized carbons (Fsp3) is 0.200. The van der Waals surface area contributed by atoms with Crippen molar-refractivity contribution < 1.29 is 9.59 Å². The number of rotatable bonds is 0. The second-order valence-corrected chi connectivity index (χ2v) is 2.56. The van der Waals surface area contributed by atoms with Crippen molar-refractivity contribution in [3.63, 3.8) is 0 Å². The maximum Gasteiger partial charge on any atom is 0.228 e. The van der Waals surface area contributed by atoms with E-state index in [0.717, 1.165) is 5.57 Å². The fourth-order valence-electron chi connectivity index (χ4n) is 0.765. The van der Waals surface area contributed by atoms with Gasteiger partial charge in [-0.15, -0.1) is 0 Å². The molecular formula is C10H8N2O2. The van der Waals surface area contributed by atoms with Gasteiger partial charge in [-0.05, 0) is 25.5 Å². The SMILES string of the molecule is CC1=C(C)C(=O)C(=O)C=C1.N#CC#N. The molecule has 0 unspecified atom stereocenters. The highest BCUT2D eigenvalue weighted by Crippen LogP contribution is 2.11. The summed E-state index contributed by atoms with van der Waals surface area (Å²) in [6, 6.07) is 2.47. The van der Waals surface area contributed by atoms with Gasteiger partial charge < -0.3 is 0 Å². The summed E-state index contributed by atoms with van der Waals surface area (Å²) in [7, 11) is 0. The molecule has 0 atom stereocenters. The quantitative estimate of drug-likeness (QED) is 0.420. The molecule has 1 aliphatic rings. The van der Waals surface area contributed by atoms with E-state index >= 15 is 0 Å². The zero-order valence-electron chi connectivity index (χ0n) is 7.87. The van der Waals surface area contributed by atoms with Crippen molar-refractivity contribution in [3.05, 3.63) is 23.3 Å². The van der Waals surface area contributed by atoms with Gasteiger partial charge in [-0.3, -0.25) is 9.59 Å². The molecule has 4 heteroatoms. The molecule has 14 heavy (non-hydrogen) atoms. The molecule has 0 heterocycles. The van der Waals surface area contributed by atoms with Crippen molar-refractivity contribution in [3.8, 4) is 12.1 Å². The molecular weight excluding hydrogens is 180 g/mol. The molecule has 1 aliphatic carbocycles. The highest BCUT2D eigenvalue weighted by Gasteiger charge is 2.17. The Morgan fingerprint density at radius 3 is 1.93 bits per heavy atom. The number of hydrogen-bond acceptors (Lipinski definition) is 4. The first-order chi connectivity index (χ1) is 6.54. The lowest BCUT2D eigenvalue weighted by molar-refractivity contribution is -0.131. The van der Waals surface area contributed by atoms with Crippen LogP contribution in [0.5, 0.6) is 0 Å². The summed E-state index contributed by atoms with van der Waals surface area (Å²) in [5.41, 5.74) is 1.44. The van der Waals surface area contributed by atoms with Crippen LogP contribution in [0.15, 0.2) is 23.3 Å². The summed E-state index contributed by atoms with van der Waals surface area (Å²) < 4.78 is 0. The average molecular weight is 188 g/mol. The Balaban J connectivity index is 0.000000364. The predicted octanol–water partition coefficient (Wildman–Crippen LogP) is 1.06. The number of ketones is 2. The molecule has 0 N–H and O–H groups in total. The Morgan fingerprint density at radius 1 is 1.07 bits per heavy atom. The van der Waals surface area contributed by atoms with Gasteiger partial charge in [-0.25, -0.2) is 0 Å². The molecule has 0 aliphatic heterocycles. The molecule has 0 spiro atoms. The zero-order valence-corrected chi connectivity index (χ0v) is 7.87. The van der Waals surface area contributed by atoms with Gasteiger partial charge in [0.2, 0.25) is 11.6 Å². The summed E-state index contributed by atoms with van der Waals surface area (Å²) in [4.78, 5) is 21.6. The first kappa shape index (κ1) is 11.8. The van der Waals surface area contributed by atoms with Crippen LogP contribution in [-0.2, 0) is 9.59 Å². The van der Waals surface area contributed by atoms with E-state index in [1.165, 1.54) is 18.2 Å². The lowest BCUT2D eigenvalue weighted by Crippen LogP contribution is -2.16. The molecule has 0 bridgehead atoms. The number of carbonyl (C=O) groups is 2. The van der Waals surface area contributed by atoms with Gasteiger partial charge in [-0.1, -0.05) is 6.08 Å². The zero-order chi connectivity index (χ0) is 11.1. The molecule has 70 valence electrons. The van der Waals surface area contributed by atoms with Crippen molar-refractivity contribution in [1.29, 1.82) is 10.5 Å². The topological polar surface area (TPSA) is 81.7 Å². The van der Waals surface area contributed by atoms with Crippen LogP contribution in [0.3, 0.4) is 0 Å². The van der Waals surface area contributed by atoms with Crippen molar-refractivity contribution in [1.82, 2.24) is 0 Å². The minimum atomic E-state index is -0.414. The Hall–Kier alpha value is -2.20. The van der Waals surface area contributed by atoms with Crippen molar-refractivity contribution in [2.24, 2.45) is 0 Å². The van der Waals surface area contributed by atoms with Gasteiger partial charge >= 0.3 is 0 Å². The molecule has 0 aromatic rings. The van der Waals surface area contributed by atoms with Crippen molar-refractivity contribution in [2.75, 3.05) is 0 Å². The monoisotopic (exact) mass is 188 g/mol. The van der Waals surface area contributed by atoms with E-state index in [9.17, 15) is 9.59 Å². The Morgan fingerprint density at radius 2 is 1.57 bits per heavy atom. The van der Waals surface area contributed by atoms with E-state index in [2.05, 4.69) is 0 Å². The smallest absolute Gasteiger partial charge is 0.228 e. The number of nitrogens with zero attached hydrogens (tertiary/aromatic N) is 2. The minimum absolute atomic E-state index is 0.375. The first-order valence-corrected chi connectivity index (χ1v) is 3.77. The first-order valence-electron chi connectivity index (χ1n) is 3.77. The lowest BCUT2D eigenvalue weighted by Gasteiger charge is -2.04. The van der Waals surface area contributed by atoms with E-state index in [4.69, 9.17) is 10.5 Å². The number of allylic oxidation sites excluding steroid dienone is 4. The van der Waals surface area contributed by atoms with Crippen LogP contribution >= 0.6 is 0 Å². The summed E-state index contributed by atoms with van der Waals surface area (Å²) in [6.45, 7) is 3.48. The van der Waals surface area contributed by atoms with Crippen LogP contribution in [-0.4, -0.2) is 11.6 Å². The summed E-state index contributed by atoms with van der Waals surface area (Å²) in [6.07, 6.45) is 2.98. The van der Waals surface area contributed by atoms with E-state index in [1.807, 2.05) is 6.92 Å². The fourth-order valence-corrected chi connectivity index (χ4v) is 0.765. The molecule has 0 aromatic carbocycles. The number of carbonyl (C=O) groups excluding carboxylic acids is 2. The largest absolute Gasteiger partial charge is 0.286 e. The maximum atomic E-state index is 10.9. The van der Waals surface area contributed by atoms with Gasteiger partial charge in [0.05, 0.1) is 0 Å². The molecule has 0 saturated carbocycles. The Kier molecular flexibility index (Phi) is 4.59. The van der Waals surface area contributed by atoms with Gasteiger partial charge in [0.15, 0.2) is 12.1 Å². The molecule has 0 aromatic heterocycles. The third kappa shape index (κ3) is 3.04. The summed E-state index contributed by atoms with van der Waals surface area (Å²) in [5.74, 6) is -0.789. The summed E-state index contributed by atoms with van der Waals surface area (Å²) in [5, 5.41) is 14.5. The highest BCUT2D eigenvalue weighted by molar-refractivity contribution is 6.48. The second-order valence-electron chi connectivity index (χ2n) is 2.56. The molecule has 0 saturated heterocycles. The normalized spacial score (nSPS) is 14.0. The van der Waals surface area contributed by atoms with Crippen LogP contribution in [0.4, 0.5) is 0 Å². The van der Waals surface area contributed by atoms with Gasteiger partial charge in [0, 0.05) is 5.57 Å². The molecule has 4 nitrogen and oxygen atoms in total. The van der Waals surface area contributed by atoms with Gasteiger partial charge in [-0.2, -0.15) is 10.5 Å². The third-order valence-electron chi connectivity index (χ3n) is 1.69.